The molecule has 2 saturated heterocycles. The van der Waals surface area contributed by atoms with E-state index in [-0.39, 0.29) is 28.7 Å². The second-order valence-corrected chi connectivity index (χ2v) is 9.71. The Labute approximate surface area is 193 Å². The van der Waals surface area contributed by atoms with Gasteiger partial charge in [-0.2, -0.15) is 11.8 Å². The van der Waals surface area contributed by atoms with Crippen molar-refractivity contribution in [1.29, 1.82) is 0 Å². The zero-order valence-corrected chi connectivity index (χ0v) is 21.4. The van der Waals surface area contributed by atoms with Crippen molar-refractivity contribution in [3.8, 4) is 0 Å². The summed E-state index contributed by atoms with van der Waals surface area (Å²) in [6.45, 7) is 14.4. The number of nitrogens with one attached hydrogen (secondary N) is 1. The van der Waals surface area contributed by atoms with Crippen molar-refractivity contribution < 1.29 is 4.79 Å². The maximum atomic E-state index is 12.6. The Hall–Kier alpha value is -0.220. The van der Waals surface area contributed by atoms with Crippen LogP contribution in [-0.2, 0) is 4.79 Å². The number of aliphatic imine (C=N–C) groups is 1. The number of hydrogen-bond donors (Lipinski definition) is 1. The Morgan fingerprint density at radius 2 is 1.61 bits per heavy atom. The highest BCUT2D eigenvalue weighted by Crippen LogP contribution is 2.21. The monoisotopic (exact) mass is 525 g/mol. The Balaban J connectivity index is 0.00000392. The van der Waals surface area contributed by atoms with Crippen LogP contribution in [-0.4, -0.2) is 96.5 Å². The molecule has 0 aromatic carbocycles. The molecule has 0 radical (unpaired) electrons. The number of halogens is 1. The number of thioether (sulfide) groups is 1. The number of hydrogen-bond acceptors (Lipinski definition) is 4. The standard InChI is InChI=1S/C20H39N5OS.HI/c1-5-21-19(22-17-20(2,3)27-4)25-14-12-23(13-15-25)16-18(26)24-10-8-6-7-9-11-24;/h5-17H2,1-4H3,(H,21,22);1H. The van der Waals surface area contributed by atoms with Gasteiger partial charge in [-0.3, -0.25) is 14.7 Å². The summed E-state index contributed by atoms with van der Waals surface area (Å²) in [7, 11) is 0. The molecule has 164 valence electrons. The maximum Gasteiger partial charge on any atom is 0.236 e. The number of carbonyl (C=O) groups is 1. The lowest BCUT2D eigenvalue weighted by atomic mass is 10.2. The summed E-state index contributed by atoms with van der Waals surface area (Å²) in [5.74, 6) is 1.32. The zero-order chi connectivity index (χ0) is 19.7. The first-order valence-electron chi connectivity index (χ1n) is 10.5. The van der Waals surface area contributed by atoms with E-state index in [0.717, 1.165) is 71.2 Å². The minimum absolute atomic E-state index is 0. The molecule has 0 spiro atoms. The first-order valence-corrected chi connectivity index (χ1v) is 11.8. The molecule has 2 fully saturated rings. The van der Waals surface area contributed by atoms with Crippen molar-refractivity contribution in [2.24, 2.45) is 4.99 Å². The third kappa shape index (κ3) is 8.65. The molecule has 0 unspecified atom stereocenters. The van der Waals surface area contributed by atoms with Gasteiger partial charge in [0, 0.05) is 50.6 Å². The fourth-order valence-electron chi connectivity index (χ4n) is 3.48. The van der Waals surface area contributed by atoms with Crippen molar-refractivity contribution in [2.45, 2.75) is 51.2 Å². The molecule has 2 aliphatic rings. The van der Waals surface area contributed by atoms with Gasteiger partial charge in [0.15, 0.2) is 5.96 Å². The Morgan fingerprint density at radius 1 is 1.00 bits per heavy atom. The summed E-state index contributed by atoms with van der Waals surface area (Å²) in [5.41, 5.74) is 0. The van der Waals surface area contributed by atoms with E-state index in [2.05, 4.69) is 47.0 Å². The van der Waals surface area contributed by atoms with Gasteiger partial charge < -0.3 is 15.1 Å². The highest BCUT2D eigenvalue weighted by molar-refractivity contribution is 14.0. The fourth-order valence-corrected chi connectivity index (χ4v) is 3.68. The molecule has 0 aromatic heterocycles. The van der Waals surface area contributed by atoms with Crippen LogP contribution in [0.25, 0.3) is 0 Å². The number of guanidine groups is 1. The largest absolute Gasteiger partial charge is 0.357 e. The molecule has 28 heavy (non-hydrogen) atoms. The van der Waals surface area contributed by atoms with Crippen LogP contribution < -0.4 is 5.32 Å². The molecule has 2 rings (SSSR count). The van der Waals surface area contributed by atoms with Gasteiger partial charge in [0.25, 0.3) is 0 Å². The van der Waals surface area contributed by atoms with Gasteiger partial charge in [0.05, 0.1) is 13.1 Å². The van der Waals surface area contributed by atoms with Crippen LogP contribution in [0.4, 0.5) is 0 Å². The smallest absolute Gasteiger partial charge is 0.236 e. The van der Waals surface area contributed by atoms with E-state index in [1.807, 2.05) is 11.8 Å². The minimum atomic E-state index is 0. The van der Waals surface area contributed by atoms with E-state index in [9.17, 15) is 4.79 Å². The quantitative estimate of drug-likeness (QED) is 0.329. The van der Waals surface area contributed by atoms with Crippen molar-refractivity contribution in [2.75, 3.05) is 65.2 Å². The molecule has 1 amide bonds. The van der Waals surface area contributed by atoms with E-state index in [1.54, 1.807) is 0 Å². The van der Waals surface area contributed by atoms with Gasteiger partial charge in [0.1, 0.15) is 0 Å². The van der Waals surface area contributed by atoms with E-state index in [0.29, 0.717) is 12.5 Å². The van der Waals surface area contributed by atoms with E-state index < -0.39 is 0 Å². The average molecular weight is 526 g/mol. The molecular weight excluding hydrogens is 485 g/mol. The van der Waals surface area contributed by atoms with Crippen LogP contribution in [0.5, 0.6) is 0 Å². The van der Waals surface area contributed by atoms with Crippen LogP contribution >= 0.6 is 35.7 Å². The number of piperazine rings is 1. The summed E-state index contributed by atoms with van der Waals surface area (Å²) < 4.78 is 0.155. The topological polar surface area (TPSA) is 51.2 Å². The normalized spacial score (nSPS) is 19.8. The number of likely N-dealkylation sites (tertiary alicyclic amines) is 1. The predicted molar refractivity (Wildman–Crippen MR) is 132 cm³/mol. The van der Waals surface area contributed by atoms with E-state index >= 15 is 0 Å². The van der Waals surface area contributed by atoms with Gasteiger partial charge in [-0.1, -0.05) is 12.8 Å². The van der Waals surface area contributed by atoms with Crippen LogP contribution in [0.15, 0.2) is 4.99 Å². The van der Waals surface area contributed by atoms with Gasteiger partial charge in [0.2, 0.25) is 5.91 Å². The van der Waals surface area contributed by atoms with Crippen molar-refractivity contribution in [3.05, 3.63) is 0 Å². The molecule has 2 aliphatic heterocycles. The minimum Gasteiger partial charge on any atom is -0.357 e. The molecule has 0 aliphatic carbocycles. The molecule has 0 atom stereocenters. The molecule has 0 bridgehead atoms. The second kappa shape index (κ2) is 13.2. The lowest BCUT2D eigenvalue weighted by molar-refractivity contribution is -0.132. The molecular formula is C20H40IN5OS. The molecule has 0 saturated carbocycles. The zero-order valence-electron chi connectivity index (χ0n) is 18.2. The van der Waals surface area contributed by atoms with Gasteiger partial charge >= 0.3 is 0 Å². The summed E-state index contributed by atoms with van der Waals surface area (Å²) in [5, 5.41) is 3.44. The number of amides is 1. The summed E-state index contributed by atoms with van der Waals surface area (Å²) in [4.78, 5) is 24.2. The first-order chi connectivity index (χ1) is 12.9. The summed E-state index contributed by atoms with van der Waals surface area (Å²) >= 11 is 1.85. The number of rotatable bonds is 6. The third-order valence-electron chi connectivity index (χ3n) is 5.49. The highest BCUT2D eigenvalue weighted by Gasteiger charge is 2.24. The summed E-state index contributed by atoms with van der Waals surface area (Å²) in [6.07, 6.45) is 7.00. The molecule has 2 heterocycles. The lowest BCUT2D eigenvalue weighted by Crippen LogP contribution is -2.54. The van der Waals surface area contributed by atoms with Gasteiger partial charge in [-0.25, -0.2) is 0 Å². The van der Waals surface area contributed by atoms with Crippen LogP contribution in [0.1, 0.15) is 46.5 Å². The van der Waals surface area contributed by atoms with E-state index in [1.165, 1.54) is 12.8 Å². The second-order valence-electron chi connectivity index (χ2n) is 8.19. The molecule has 0 aromatic rings. The molecule has 6 nitrogen and oxygen atoms in total. The fraction of sp³-hybridized carbons (Fsp3) is 0.900. The first kappa shape index (κ1) is 25.8. The number of carbonyl (C=O) groups excluding carboxylic acids is 1. The van der Waals surface area contributed by atoms with E-state index in [4.69, 9.17) is 4.99 Å². The van der Waals surface area contributed by atoms with Crippen LogP contribution in [0, 0.1) is 0 Å². The average Bonchev–Trinajstić information content (AvgIpc) is 2.95. The van der Waals surface area contributed by atoms with Crippen LogP contribution in [0.2, 0.25) is 0 Å². The van der Waals surface area contributed by atoms with Crippen molar-refractivity contribution >= 4 is 47.6 Å². The Kier molecular flexibility index (Phi) is 12.1. The highest BCUT2D eigenvalue weighted by atomic mass is 127. The van der Waals surface area contributed by atoms with Crippen molar-refractivity contribution in [3.63, 3.8) is 0 Å². The number of nitrogens with zero attached hydrogens (tertiary/aromatic N) is 4. The van der Waals surface area contributed by atoms with Crippen molar-refractivity contribution in [1.82, 2.24) is 20.0 Å². The Bertz CT molecular complexity index is 487. The van der Waals surface area contributed by atoms with Crippen LogP contribution in [0.3, 0.4) is 0 Å². The predicted octanol–water partition coefficient (Wildman–Crippen LogP) is 2.73. The maximum absolute atomic E-state index is 12.6. The van der Waals surface area contributed by atoms with Gasteiger partial charge in [-0.05, 0) is 39.9 Å². The molecule has 8 heteroatoms. The lowest BCUT2D eigenvalue weighted by Gasteiger charge is -2.37. The SMILES string of the molecule is CCNC(=NCC(C)(C)SC)N1CCN(CC(=O)N2CCCCCC2)CC1.I. The van der Waals surface area contributed by atoms with Gasteiger partial charge in [-0.15, -0.1) is 24.0 Å². The summed E-state index contributed by atoms with van der Waals surface area (Å²) in [6, 6.07) is 0. The third-order valence-corrected chi connectivity index (χ3v) is 6.72. The molecule has 1 N–H and O–H groups in total. The Morgan fingerprint density at radius 3 is 2.14 bits per heavy atom.